The molecule has 3 N–H and O–H groups in total. The van der Waals surface area contributed by atoms with Gasteiger partial charge in [0.05, 0.1) is 16.2 Å². The number of carbonyl (C=O) groups is 2. The molecule has 0 fully saturated rings. The van der Waals surface area contributed by atoms with Gasteiger partial charge in [-0.3, -0.25) is 9.59 Å². The molecule has 0 radical (unpaired) electrons. The van der Waals surface area contributed by atoms with E-state index in [-0.39, 0.29) is 11.3 Å². The molecule has 0 atom stereocenters. The van der Waals surface area contributed by atoms with Crippen molar-refractivity contribution in [2.24, 2.45) is 5.73 Å². The lowest BCUT2D eigenvalue weighted by Gasteiger charge is -2.07. The minimum atomic E-state index is -3.71. The highest BCUT2D eigenvalue weighted by molar-refractivity contribution is 7.91. The monoisotopic (exact) mass is 424 g/mol. The smallest absolute Gasteiger partial charge is 0.251 e. The van der Waals surface area contributed by atoms with Gasteiger partial charge in [-0.25, -0.2) is 12.8 Å². The van der Waals surface area contributed by atoms with E-state index < -0.39 is 33.2 Å². The maximum absolute atomic E-state index is 13.0. The van der Waals surface area contributed by atoms with E-state index in [0.29, 0.717) is 10.6 Å². The quantitative estimate of drug-likeness (QED) is 0.549. The van der Waals surface area contributed by atoms with Gasteiger partial charge in [-0.1, -0.05) is 6.42 Å². The summed E-state index contributed by atoms with van der Waals surface area (Å²) < 4.78 is 37.6. The minimum absolute atomic E-state index is 0.0395. The number of hydrogen-bond donors (Lipinski definition) is 2. The Morgan fingerprint density at radius 1 is 1.11 bits per heavy atom. The number of primary amides is 1. The molecule has 0 unspecified atom stereocenters. The third-order valence-electron chi connectivity index (χ3n) is 4.69. The molecule has 1 aliphatic carbocycles. The number of thiophene rings is 1. The molecule has 2 aromatic rings. The summed E-state index contributed by atoms with van der Waals surface area (Å²) in [5, 5.41) is 3.05. The van der Waals surface area contributed by atoms with Crippen molar-refractivity contribution in [1.29, 1.82) is 0 Å². The van der Waals surface area contributed by atoms with E-state index in [2.05, 4.69) is 5.32 Å². The molecule has 1 aromatic carbocycles. The minimum Gasteiger partial charge on any atom is -0.365 e. The maximum atomic E-state index is 13.0. The fraction of sp³-hybridized carbons (Fsp3) is 0.368. The Morgan fingerprint density at radius 2 is 1.79 bits per heavy atom. The normalized spacial score (nSPS) is 14.2. The first kappa shape index (κ1) is 20.5. The van der Waals surface area contributed by atoms with Crippen LogP contribution in [0, 0.1) is 5.82 Å². The third-order valence-corrected chi connectivity index (χ3v) is 7.63. The van der Waals surface area contributed by atoms with Gasteiger partial charge in [-0.2, -0.15) is 0 Å². The van der Waals surface area contributed by atoms with E-state index in [4.69, 9.17) is 5.73 Å². The highest BCUT2D eigenvalue weighted by Crippen LogP contribution is 2.37. The fourth-order valence-electron chi connectivity index (χ4n) is 3.27. The van der Waals surface area contributed by atoms with Crippen molar-refractivity contribution >= 4 is 38.0 Å². The number of anilines is 1. The summed E-state index contributed by atoms with van der Waals surface area (Å²) in [7, 11) is -3.71. The lowest BCUT2D eigenvalue weighted by molar-refractivity contribution is -0.115. The number of hydrogen-bond acceptors (Lipinski definition) is 5. The zero-order valence-electron chi connectivity index (χ0n) is 15.2. The second-order valence-electron chi connectivity index (χ2n) is 6.70. The average molecular weight is 425 g/mol. The second-order valence-corrected chi connectivity index (χ2v) is 9.92. The van der Waals surface area contributed by atoms with Crippen molar-refractivity contribution in [1.82, 2.24) is 0 Å². The molecule has 0 bridgehead atoms. The molecule has 2 amide bonds. The highest BCUT2D eigenvalue weighted by atomic mass is 32.2. The van der Waals surface area contributed by atoms with Crippen molar-refractivity contribution < 1.29 is 22.4 Å². The van der Waals surface area contributed by atoms with E-state index in [0.717, 1.165) is 54.7 Å². The van der Waals surface area contributed by atoms with Gasteiger partial charge >= 0.3 is 0 Å². The number of carbonyl (C=O) groups excluding carboxylic acids is 2. The number of rotatable bonds is 6. The van der Waals surface area contributed by atoms with Gasteiger partial charge in [-0.05, 0) is 55.5 Å². The van der Waals surface area contributed by atoms with Crippen molar-refractivity contribution in [2.75, 3.05) is 11.1 Å². The van der Waals surface area contributed by atoms with Crippen LogP contribution in [0.15, 0.2) is 29.2 Å². The van der Waals surface area contributed by atoms with Crippen LogP contribution in [-0.4, -0.2) is 26.0 Å². The van der Waals surface area contributed by atoms with Gasteiger partial charge < -0.3 is 11.1 Å². The van der Waals surface area contributed by atoms with Gasteiger partial charge in [0.2, 0.25) is 5.91 Å². The van der Waals surface area contributed by atoms with Crippen LogP contribution < -0.4 is 11.1 Å². The summed E-state index contributed by atoms with van der Waals surface area (Å²) >= 11 is 1.34. The fourth-order valence-corrected chi connectivity index (χ4v) is 5.82. The molecule has 1 aliphatic rings. The summed E-state index contributed by atoms with van der Waals surface area (Å²) in [6.45, 7) is 0. The lowest BCUT2D eigenvalue weighted by atomic mass is 10.1. The predicted octanol–water partition coefficient (Wildman–Crippen LogP) is 3.06. The van der Waals surface area contributed by atoms with Crippen LogP contribution in [0.1, 0.15) is 46.5 Å². The summed E-state index contributed by atoms with van der Waals surface area (Å²) in [5.74, 6) is -2.05. The first-order valence-corrected chi connectivity index (χ1v) is 11.5. The number of amides is 2. The van der Waals surface area contributed by atoms with Crippen LogP contribution in [0.5, 0.6) is 0 Å². The highest BCUT2D eigenvalue weighted by Gasteiger charge is 2.25. The molecule has 0 saturated carbocycles. The molecule has 1 aromatic heterocycles. The predicted molar refractivity (Wildman–Crippen MR) is 106 cm³/mol. The van der Waals surface area contributed by atoms with Gasteiger partial charge in [0, 0.05) is 11.3 Å². The average Bonchev–Trinajstić information content (AvgIpc) is 2.81. The molecule has 0 aliphatic heterocycles. The van der Waals surface area contributed by atoms with E-state index in [1.165, 1.54) is 23.5 Å². The van der Waals surface area contributed by atoms with E-state index in [1.807, 2.05) is 0 Å². The van der Waals surface area contributed by atoms with Crippen molar-refractivity contribution in [3.8, 4) is 0 Å². The molecule has 1 heterocycles. The van der Waals surface area contributed by atoms with Crippen molar-refractivity contribution in [3.63, 3.8) is 0 Å². The number of nitrogens with two attached hydrogens (primary N) is 1. The Kier molecular flexibility index (Phi) is 6.14. The van der Waals surface area contributed by atoms with Crippen LogP contribution in [0.4, 0.5) is 9.39 Å². The topological polar surface area (TPSA) is 106 Å². The molecular weight excluding hydrogens is 403 g/mol. The van der Waals surface area contributed by atoms with E-state index >= 15 is 0 Å². The van der Waals surface area contributed by atoms with Gasteiger partial charge in [0.1, 0.15) is 10.8 Å². The molecule has 0 saturated heterocycles. The standard InChI is InChI=1S/C19H21FN2O4S2/c20-12-6-8-13(9-7-12)28(25,26)11-10-16(23)22-19-17(18(21)24)14-4-2-1-3-5-15(14)27-19/h6-9H,1-5,10-11H2,(H2,21,24)(H,22,23). The molecule has 6 nitrogen and oxygen atoms in total. The SMILES string of the molecule is NC(=O)c1c(NC(=O)CCS(=O)(=O)c2ccc(F)cc2)sc2c1CCCCC2. The van der Waals surface area contributed by atoms with E-state index in [1.54, 1.807) is 0 Å². The Labute approximate surface area is 166 Å². The number of nitrogens with one attached hydrogen (secondary N) is 1. The van der Waals surface area contributed by atoms with E-state index in [9.17, 15) is 22.4 Å². The maximum Gasteiger partial charge on any atom is 0.251 e. The van der Waals surface area contributed by atoms with Crippen LogP contribution in [0.3, 0.4) is 0 Å². The molecule has 150 valence electrons. The second kappa shape index (κ2) is 8.40. The molecular formula is C19H21FN2O4S2. The van der Waals surface area contributed by atoms with Gasteiger partial charge in [0.15, 0.2) is 9.84 Å². The van der Waals surface area contributed by atoms with Gasteiger partial charge in [-0.15, -0.1) is 11.3 Å². The number of benzene rings is 1. The Morgan fingerprint density at radius 3 is 2.46 bits per heavy atom. The lowest BCUT2D eigenvalue weighted by Crippen LogP contribution is -2.20. The number of aryl methyl sites for hydroxylation is 1. The van der Waals surface area contributed by atoms with Crippen LogP contribution in [-0.2, 0) is 27.5 Å². The summed E-state index contributed by atoms with van der Waals surface area (Å²) in [6.07, 6.45) is 4.39. The van der Waals surface area contributed by atoms with Crippen molar-refractivity contribution in [2.45, 2.75) is 43.4 Å². The molecule has 0 spiro atoms. The zero-order valence-corrected chi connectivity index (χ0v) is 16.8. The number of halogens is 1. The first-order chi connectivity index (χ1) is 13.3. The largest absolute Gasteiger partial charge is 0.365 e. The summed E-state index contributed by atoms with van der Waals surface area (Å²) in [4.78, 5) is 25.3. The van der Waals surface area contributed by atoms with Crippen LogP contribution in [0.25, 0.3) is 0 Å². The van der Waals surface area contributed by atoms with Crippen LogP contribution >= 0.6 is 11.3 Å². The third kappa shape index (κ3) is 4.59. The number of fused-ring (bicyclic) bond motifs is 1. The molecule has 28 heavy (non-hydrogen) atoms. The Hall–Kier alpha value is -2.26. The molecule has 3 rings (SSSR count). The van der Waals surface area contributed by atoms with Crippen LogP contribution in [0.2, 0.25) is 0 Å². The first-order valence-electron chi connectivity index (χ1n) is 9.00. The summed E-state index contributed by atoms with van der Waals surface area (Å²) in [5.41, 5.74) is 6.78. The van der Waals surface area contributed by atoms with Crippen molar-refractivity contribution in [3.05, 3.63) is 46.1 Å². The zero-order chi connectivity index (χ0) is 20.3. The molecule has 9 heteroatoms. The Bertz CT molecular complexity index is 998. The Balaban J connectivity index is 1.71. The summed E-state index contributed by atoms with van der Waals surface area (Å²) in [6, 6.07) is 4.46. The number of sulfone groups is 1. The van der Waals surface area contributed by atoms with Gasteiger partial charge in [0.25, 0.3) is 5.91 Å².